The third-order valence-corrected chi connectivity index (χ3v) is 5.36. The van der Waals surface area contributed by atoms with Gasteiger partial charge in [0.2, 0.25) is 0 Å². The molecule has 0 saturated heterocycles. The van der Waals surface area contributed by atoms with Crippen molar-refractivity contribution in [1.29, 1.82) is 0 Å². The maximum absolute atomic E-state index is 10.6. The summed E-state index contributed by atoms with van der Waals surface area (Å²) < 4.78 is 0. The average molecular weight is 289 g/mol. The Hall–Kier alpha value is -1.26. The van der Waals surface area contributed by atoms with Crippen LogP contribution in [-0.2, 0) is 0 Å². The van der Waals surface area contributed by atoms with Crippen LogP contribution in [-0.4, -0.2) is 43.9 Å². The van der Waals surface area contributed by atoms with Crippen molar-refractivity contribution in [2.45, 2.75) is 31.3 Å². The number of hydrogen-bond donors (Lipinski definition) is 2. The van der Waals surface area contributed by atoms with Gasteiger partial charge in [0, 0.05) is 33.2 Å². The lowest BCUT2D eigenvalue weighted by atomic mass is 9.88. The summed E-state index contributed by atoms with van der Waals surface area (Å²) in [6.45, 7) is 3.53. The molecule has 4 heteroatoms. The van der Waals surface area contributed by atoms with Crippen molar-refractivity contribution in [3.8, 4) is 0 Å². The number of fused-ring (bicyclic) bond motifs is 1. The molecule has 0 bridgehead atoms. The van der Waals surface area contributed by atoms with Crippen molar-refractivity contribution in [3.63, 3.8) is 0 Å². The molecule has 21 heavy (non-hydrogen) atoms. The first kappa shape index (κ1) is 14.7. The Morgan fingerprint density at radius 3 is 2.81 bits per heavy atom. The van der Waals surface area contributed by atoms with Crippen LogP contribution in [0, 0.1) is 5.92 Å². The first-order valence-electron chi connectivity index (χ1n) is 8.11. The predicted octanol–water partition coefficient (Wildman–Crippen LogP) is 1.82. The van der Waals surface area contributed by atoms with Crippen molar-refractivity contribution < 1.29 is 5.11 Å². The molecule has 2 unspecified atom stereocenters. The van der Waals surface area contributed by atoms with Gasteiger partial charge in [-0.25, -0.2) is 0 Å². The van der Waals surface area contributed by atoms with Crippen molar-refractivity contribution in [3.05, 3.63) is 24.3 Å². The number of para-hydroxylation sites is 2. The van der Waals surface area contributed by atoms with E-state index in [1.165, 1.54) is 11.4 Å². The summed E-state index contributed by atoms with van der Waals surface area (Å²) in [5.41, 5.74) is 7.80. The van der Waals surface area contributed by atoms with E-state index < -0.39 is 5.60 Å². The third kappa shape index (κ3) is 2.74. The van der Waals surface area contributed by atoms with Gasteiger partial charge >= 0.3 is 0 Å². The van der Waals surface area contributed by atoms with Crippen LogP contribution in [0.3, 0.4) is 0 Å². The number of benzene rings is 1. The lowest BCUT2D eigenvalue weighted by Gasteiger charge is -2.38. The summed E-state index contributed by atoms with van der Waals surface area (Å²) in [6, 6.07) is 8.60. The Labute approximate surface area is 127 Å². The second kappa shape index (κ2) is 5.85. The monoisotopic (exact) mass is 289 g/mol. The molecule has 0 radical (unpaired) electrons. The molecule has 4 nitrogen and oxygen atoms in total. The van der Waals surface area contributed by atoms with Gasteiger partial charge in [-0.05, 0) is 37.3 Å². The normalized spacial score (nSPS) is 28.8. The van der Waals surface area contributed by atoms with Crippen molar-refractivity contribution >= 4 is 11.4 Å². The van der Waals surface area contributed by atoms with Crippen LogP contribution < -0.4 is 15.5 Å². The highest BCUT2D eigenvalue weighted by molar-refractivity contribution is 5.73. The number of nitrogens with two attached hydrogens (primary N) is 1. The van der Waals surface area contributed by atoms with Crippen LogP contribution in [0.4, 0.5) is 11.4 Å². The number of nitrogens with zero attached hydrogens (tertiary/aromatic N) is 2. The van der Waals surface area contributed by atoms with E-state index in [4.69, 9.17) is 5.73 Å². The lowest BCUT2D eigenvalue weighted by Crippen LogP contribution is -2.44. The summed E-state index contributed by atoms with van der Waals surface area (Å²) in [5.74, 6) is 0.356. The van der Waals surface area contributed by atoms with Gasteiger partial charge in [-0.2, -0.15) is 0 Å². The van der Waals surface area contributed by atoms with E-state index in [0.29, 0.717) is 12.5 Å². The Kier molecular flexibility index (Phi) is 4.09. The minimum atomic E-state index is -0.619. The van der Waals surface area contributed by atoms with Gasteiger partial charge in [0.25, 0.3) is 0 Å². The Bertz CT molecular complexity index is 493. The zero-order chi connectivity index (χ0) is 14.9. The average Bonchev–Trinajstić information content (AvgIpc) is 2.89. The molecule has 2 atom stereocenters. The number of anilines is 2. The molecule has 116 valence electrons. The standard InChI is InChI=1S/C17H27N3O/c1-19-11-12-20(16-7-3-2-6-15(16)19)10-8-14-5-4-9-17(14,21)13-18/h2-3,6-7,14,21H,4-5,8-13,18H2,1H3. The molecular weight excluding hydrogens is 262 g/mol. The Morgan fingerprint density at radius 1 is 1.29 bits per heavy atom. The largest absolute Gasteiger partial charge is 0.388 e. The van der Waals surface area contributed by atoms with E-state index in [1.54, 1.807) is 0 Å². The first-order chi connectivity index (χ1) is 10.1. The van der Waals surface area contributed by atoms with Gasteiger partial charge in [0.05, 0.1) is 17.0 Å². The molecule has 1 heterocycles. The smallest absolute Gasteiger partial charge is 0.0798 e. The quantitative estimate of drug-likeness (QED) is 0.888. The molecule has 0 amide bonds. The highest BCUT2D eigenvalue weighted by Gasteiger charge is 2.39. The topological polar surface area (TPSA) is 52.7 Å². The van der Waals surface area contributed by atoms with E-state index in [-0.39, 0.29) is 0 Å². The summed E-state index contributed by atoms with van der Waals surface area (Å²) >= 11 is 0. The van der Waals surface area contributed by atoms with Gasteiger partial charge in [0.15, 0.2) is 0 Å². The lowest BCUT2D eigenvalue weighted by molar-refractivity contribution is 0.00887. The van der Waals surface area contributed by atoms with E-state index in [1.807, 2.05) is 0 Å². The minimum absolute atomic E-state index is 0.356. The number of likely N-dealkylation sites (N-methyl/N-ethyl adjacent to an activating group) is 1. The predicted molar refractivity (Wildman–Crippen MR) is 87.9 cm³/mol. The fraction of sp³-hybridized carbons (Fsp3) is 0.647. The number of rotatable bonds is 4. The Balaban J connectivity index is 1.68. The van der Waals surface area contributed by atoms with Gasteiger partial charge in [-0.15, -0.1) is 0 Å². The van der Waals surface area contributed by atoms with E-state index in [0.717, 1.165) is 45.3 Å². The molecule has 3 rings (SSSR count). The molecule has 0 aromatic heterocycles. The molecule has 1 aromatic rings. The molecule has 1 aliphatic carbocycles. The van der Waals surface area contributed by atoms with Crippen molar-refractivity contribution in [2.24, 2.45) is 11.7 Å². The maximum atomic E-state index is 10.6. The highest BCUT2D eigenvalue weighted by atomic mass is 16.3. The fourth-order valence-corrected chi connectivity index (χ4v) is 3.92. The van der Waals surface area contributed by atoms with Gasteiger partial charge in [-0.1, -0.05) is 18.6 Å². The van der Waals surface area contributed by atoms with Crippen LogP contribution >= 0.6 is 0 Å². The van der Waals surface area contributed by atoms with Gasteiger partial charge in [-0.3, -0.25) is 0 Å². The number of hydrogen-bond acceptors (Lipinski definition) is 4. The zero-order valence-corrected chi connectivity index (χ0v) is 13.0. The summed E-state index contributed by atoms with van der Waals surface area (Å²) in [4.78, 5) is 4.78. The Morgan fingerprint density at radius 2 is 2.05 bits per heavy atom. The third-order valence-electron chi connectivity index (χ3n) is 5.36. The van der Waals surface area contributed by atoms with E-state index >= 15 is 0 Å². The van der Waals surface area contributed by atoms with Crippen LogP contribution in [0.25, 0.3) is 0 Å². The molecule has 2 aliphatic rings. The molecule has 1 aliphatic heterocycles. The second-order valence-corrected chi connectivity index (χ2v) is 6.58. The second-order valence-electron chi connectivity index (χ2n) is 6.58. The molecule has 0 spiro atoms. The van der Waals surface area contributed by atoms with Crippen LogP contribution in [0.2, 0.25) is 0 Å². The van der Waals surface area contributed by atoms with Crippen molar-refractivity contribution in [2.75, 3.05) is 43.0 Å². The van der Waals surface area contributed by atoms with Crippen LogP contribution in [0.1, 0.15) is 25.7 Å². The van der Waals surface area contributed by atoms with Crippen LogP contribution in [0.5, 0.6) is 0 Å². The van der Waals surface area contributed by atoms with E-state index in [2.05, 4.69) is 41.1 Å². The molecular formula is C17H27N3O. The molecule has 3 N–H and O–H groups in total. The van der Waals surface area contributed by atoms with Gasteiger partial charge in [0.1, 0.15) is 0 Å². The summed E-state index contributed by atoms with van der Waals surface area (Å²) in [5, 5.41) is 10.6. The molecule has 1 aromatic carbocycles. The summed E-state index contributed by atoms with van der Waals surface area (Å²) in [7, 11) is 2.15. The highest BCUT2D eigenvalue weighted by Crippen LogP contribution is 2.38. The van der Waals surface area contributed by atoms with E-state index in [9.17, 15) is 5.11 Å². The maximum Gasteiger partial charge on any atom is 0.0798 e. The van der Waals surface area contributed by atoms with Gasteiger partial charge < -0.3 is 20.6 Å². The fourth-order valence-electron chi connectivity index (χ4n) is 3.92. The zero-order valence-electron chi connectivity index (χ0n) is 13.0. The summed E-state index contributed by atoms with van der Waals surface area (Å²) in [6.07, 6.45) is 4.13. The number of aliphatic hydroxyl groups is 1. The first-order valence-corrected chi connectivity index (χ1v) is 8.11. The minimum Gasteiger partial charge on any atom is -0.388 e. The van der Waals surface area contributed by atoms with Crippen LogP contribution in [0.15, 0.2) is 24.3 Å². The molecule has 1 fully saturated rings. The van der Waals surface area contributed by atoms with Crippen molar-refractivity contribution in [1.82, 2.24) is 0 Å². The molecule has 1 saturated carbocycles. The SMILES string of the molecule is CN1CCN(CCC2CCCC2(O)CN)c2ccccc21.